The second kappa shape index (κ2) is 5.72. The zero-order chi connectivity index (χ0) is 9.52. The van der Waals surface area contributed by atoms with E-state index >= 15 is 0 Å². The number of hydrogen-bond acceptors (Lipinski definition) is 4. The molecule has 1 heterocycles. The lowest BCUT2D eigenvalue weighted by molar-refractivity contribution is 0.737. The molecule has 0 spiro atoms. The Kier molecular flexibility index (Phi) is 4.49. The Morgan fingerprint density at radius 1 is 1.46 bits per heavy atom. The van der Waals surface area contributed by atoms with Crippen LogP contribution in [-0.4, -0.2) is 29.6 Å². The topological polar surface area (TPSA) is 49.8 Å². The van der Waals surface area contributed by atoms with Crippen LogP contribution in [-0.2, 0) is 0 Å². The van der Waals surface area contributed by atoms with Gasteiger partial charge in [-0.1, -0.05) is 18.5 Å². The molecule has 0 unspecified atom stereocenters. The van der Waals surface area contributed by atoms with Gasteiger partial charge < -0.3 is 10.6 Å². The van der Waals surface area contributed by atoms with Gasteiger partial charge in [0.2, 0.25) is 0 Å². The van der Waals surface area contributed by atoms with E-state index in [9.17, 15) is 0 Å². The van der Waals surface area contributed by atoms with Gasteiger partial charge in [0.25, 0.3) is 0 Å². The number of nitrogens with zero attached hydrogens (tertiary/aromatic N) is 2. The predicted molar refractivity (Wildman–Crippen MR) is 54.1 cm³/mol. The van der Waals surface area contributed by atoms with E-state index in [2.05, 4.69) is 27.5 Å². The number of hydrogen-bond donors (Lipinski definition) is 2. The van der Waals surface area contributed by atoms with Crippen molar-refractivity contribution in [2.75, 3.05) is 25.0 Å². The van der Waals surface area contributed by atoms with Crippen LogP contribution in [0.3, 0.4) is 0 Å². The molecule has 4 nitrogen and oxygen atoms in total. The van der Waals surface area contributed by atoms with Gasteiger partial charge in [0.05, 0.1) is 6.20 Å². The summed E-state index contributed by atoms with van der Waals surface area (Å²) in [5, 5.41) is 6.85. The van der Waals surface area contributed by atoms with Crippen LogP contribution in [0.5, 0.6) is 0 Å². The van der Waals surface area contributed by atoms with E-state index in [0.29, 0.717) is 10.8 Å². The van der Waals surface area contributed by atoms with E-state index in [0.717, 1.165) is 19.6 Å². The summed E-state index contributed by atoms with van der Waals surface area (Å²) in [7, 11) is 0. The maximum atomic E-state index is 5.83. The summed E-state index contributed by atoms with van der Waals surface area (Å²) >= 11 is 5.83. The van der Waals surface area contributed by atoms with Crippen molar-refractivity contribution < 1.29 is 0 Å². The molecular formula is C8H13ClN4. The molecule has 1 aromatic heterocycles. The van der Waals surface area contributed by atoms with Gasteiger partial charge in [0, 0.05) is 13.1 Å². The van der Waals surface area contributed by atoms with Crippen molar-refractivity contribution in [1.29, 1.82) is 0 Å². The Bertz CT molecular complexity index is 254. The highest BCUT2D eigenvalue weighted by Gasteiger charge is 1.98. The Balaban J connectivity index is 2.32. The van der Waals surface area contributed by atoms with E-state index in [1.165, 1.54) is 6.33 Å². The van der Waals surface area contributed by atoms with Gasteiger partial charge in [-0.05, 0) is 6.54 Å². The number of likely N-dealkylation sites (N-methyl/N-ethyl adjacent to an activating group) is 1. The fourth-order valence-electron chi connectivity index (χ4n) is 0.889. The highest BCUT2D eigenvalue weighted by molar-refractivity contribution is 6.32. The molecule has 13 heavy (non-hydrogen) atoms. The molecular weight excluding hydrogens is 188 g/mol. The van der Waals surface area contributed by atoms with Gasteiger partial charge >= 0.3 is 0 Å². The minimum atomic E-state index is 0.555. The SMILES string of the molecule is CCNCCNc1ncncc1Cl. The molecule has 0 atom stereocenters. The molecule has 0 radical (unpaired) electrons. The fraction of sp³-hybridized carbons (Fsp3) is 0.500. The molecule has 0 aromatic carbocycles. The first-order valence-corrected chi connectivity index (χ1v) is 4.62. The van der Waals surface area contributed by atoms with Crippen LogP contribution in [0.1, 0.15) is 6.92 Å². The second-order valence-corrected chi connectivity index (χ2v) is 2.91. The molecule has 0 aliphatic carbocycles. The zero-order valence-corrected chi connectivity index (χ0v) is 8.30. The Hall–Kier alpha value is -0.870. The Morgan fingerprint density at radius 2 is 2.31 bits per heavy atom. The summed E-state index contributed by atoms with van der Waals surface area (Å²) in [6.07, 6.45) is 3.05. The Morgan fingerprint density at radius 3 is 3.00 bits per heavy atom. The van der Waals surface area contributed by atoms with Crippen LogP contribution >= 0.6 is 11.6 Å². The number of halogens is 1. The van der Waals surface area contributed by atoms with Crippen LogP contribution < -0.4 is 10.6 Å². The predicted octanol–water partition coefficient (Wildman–Crippen LogP) is 1.15. The molecule has 5 heteroatoms. The molecule has 2 N–H and O–H groups in total. The summed E-state index contributed by atoms with van der Waals surface area (Å²) < 4.78 is 0. The average molecular weight is 201 g/mol. The summed E-state index contributed by atoms with van der Waals surface area (Å²) in [6.45, 7) is 4.75. The summed E-state index contributed by atoms with van der Waals surface area (Å²) in [5.74, 6) is 0.689. The van der Waals surface area contributed by atoms with Crippen molar-refractivity contribution in [3.05, 3.63) is 17.5 Å². The molecule has 72 valence electrons. The number of anilines is 1. The highest BCUT2D eigenvalue weighted by atomic mass is 35.5. The lowest BCUT2D eigenvalue weighted by Gasteiger charge is -2.06. The first-order valence-electron chi connectivity index (χ1n) is 4.24. The normalized spacial score (nSPS) is 10.0. The summed E-state index contributed by atoms with van der Waals surface area (Å²) in [4.78, 5) is 7.78. The maximum Gasteiger partial charge on any atom is 0.148 e. The largest absolute Gasteiger partial charge is 0.367 e. The van der Waals surface area contributed by atoms with Crippen LogP contribution in [0, 0.1) is 0 Å². The van der Waals surface area contributed by atoms with Gasteiger partial charge in [0.1, 0.15) is 17.2 Å². The molecule has 0 fully saturated rings. The molecule has 0 saturated heterocycles. The van der Waals surface area contributed by atoms with Crippen molar-refractivity contribution in [2.24, 2.45) is 0 Å². The zero-order valence-electron chi connectivity index (χ0n) is 7.55. The first-order chi connectivity index (χ1) is 6.34. The molecule has 1 rings (SSSR count). The minimum Gasteiger partial charge on any atom is -0.367 e. The van der Waals surface area contributed by atoms with Gasteiger partial charge in [-0.3, -0.25) is 0 Å². The third-order valence-electron chi connectivity index (χ3n) is 1.51. The van der Waals surface area contributed by atoms with Gasteiger partial charge in [-0.25, -0.2) is 9.97 Å². The lowest BCUT2D eigenvalue weighted by atomic mass is 10.5. The van der Waals surface area contributed by atoms with Gasteiger partial charge in [0.15, 0.2) is 0 Å². The second-order valence-electron chi connectivity index (χ2n) is 2.50. The monoisotopic (exact) mass is 200 g/mol. The minimum absolute atomic E-state index is 0.555. The standard InChI is InChI=1S/C8H13ClN4/c1-2-10-3-4-12-8-7(9)5-11-6-13-8/h5-6,10H,2-4H2,1H3,(H,11,12,13). The molecule has 0 amide bonds. The van der Waals surface area contributed by atoms with E-state index in [4.69, 9.17) is 11.6 Å². The number of nitrogens with one attached hydrogen (secondary N) is 2. The van der Waals surface area contributed by atoms with E-state index < -0.39 is 0 Å². The van der Waals surface area contributed by atoms with E-state index in [1.807, 2.05) is 0 Å². The smallest absolute Gasteiger partial charge is 0.148 e. The first kappa shape index (κ1) is 10.2. The van der Waals surface area contributed by atoms with E-state index in [1.54, 1.807) is 6.20 Å². The maximum absolute atomic E-state index is 5.83. The van der Waals surface area contributed by atoms with Gasteiger partial charge in [-0.2, -0.15) is 0 Å². The van der Waals surface area contributed by atoms with Crippen molar-refractivity contribution in [3.63, 3.8) is 0 Å². The molecule has 0 aliphatic rings. The van der Waals surface area contributed by atoms with Crippen LogP contribution in [0.2, 0.25) is 5.02 Å². The van der Waals surface area contributed by atoms with Crippen molar-refractivity contribution in [2.45, 2.75) is 6.92 Å². The van der Waals surface area contributed by atoms with Crippen LogP contribution in [0.4, 0.5) is 5.82 Å². The molecule has 0 saturated carbocycles. The molecule has 0 bridgehead atoms. The quantitative estimate of drug-likeness (QED) is 0.701. The average Bonchev–Trinajstić information content (AvgIpc) is 2.15. The summed E-state index contributed by atoms with van der Waals surface area (Å²) in [5.41, 5.74) is 0. The Labute approximate surface area is 82.7 Å². The van der Waals surface area contributed by atoms with Crippen molar-refractivity contribution in [3.8, 4) is 0 Å². The van der Waals surface area contributed by atoms with Crippen LogP contribution in [0.25, 0.3) is 0 Å². The van der Waals surface area contributed by atoms with Gasteiger partial charge in [-0.15, -0.1) is 0 Å². The highest BCUT2D eigenvalue weighted by Crippen LogP contribution is 2.14. The third kappa shape index (κ3) is 3.57. The van der Waals surface area contributed by atoms with Crippen molar-refractivity contribution in [1.82, 2.24) is 15.3 Å². The summed E-state index contributed by atoms with van der Waals surface area (Å²) in [6, 6.07) is 0. The number of rotatable bonds is 5. The lowest BCUT2D eigenvalue weighted by Crippen LogP contribution is -2.22. The molecule has 1 aromatic rings. The third-order valence-corrected chi connectivity index (χ3v) is 1.79. The van der Waals surface area contributed by atoms with E-state index in [-0.39, 0.29) is 0 Å². The van der Waals surface area contributed by atoms with Crippen molar-refractivity contribution >= 4 is 17.4 Å². The fourth-order valence-corrected chi connectivity index (χ4v) is 1.06. The molecule has 0 aliphatic heterocycles. The number of aromatic nitrogens is 2. The van der Waals surface area contributed by atoms with Crippen LogP contribution in [0.15, 0.2) is 12.5 Å².